The molecular formula is C18H19FN2O3S. The maximum Gasteiger partial charge on any atom is 0.265 e. The lowest BCUT2D eigenvalue weighted by atomic mass is 10.0. The maximum absolute atomic E-state index is 13.7. The number of hydrogen-bond donors (Lipinski definition) is 1. The van der Waals surface area contributed by atoms with E-state index in [1.165, 1.54) is 24.3 Å². The first-order valence-corrected chi connectivity index (χ1v) is 9.49. The summed E-state index contributed by atoms with van der Waals surface area (Å²) >= 11 is 0. The molecule has 0 fully saturated rings. The summed E-state index contributed by atoms with van der Waals surface area (Å²) < 4.78 is 40.8. The first-order valence-electron chi connectivity index (χ1n) is 8.05. The molecule has 1 amide bonds. The monoisotopic (exact) mass is 362 g/mol. The van der Waals surface area contributed by atoms with Crippen LogP contribution < -0.4 is 9.62 Å². The molecule has 0 aromatic heterocycles. The van der Waals surface area contributed by atoms with Crippen molar-refractivity contribution in [2.45, 2.75) is 31.2 Å². The molecule has 0 spiro atoms. The first-order chi connectivity index (χ1) is 11.8. The van der Waals surface area contributed by atoms with E-state index >= 15 is 0 Å². The molecule has 0 radical (unpaired) electrons. The zero-order valence-corrected chi connectivity index (χ0v) is 14.8. The lowest BCUT2D eigenvalue weighted by Gasteiger charge is -2.31. The van der Waals surface area contributed by atoms with Gasteiger partial charge >= 0.3 is 0 Å². The van der Waals surface area contributed by atoms with Crippen molar-refractivity contribution in [3.8, 4) is 11.1 Å². The fourth-order valence-electron chi connectivity index (χ4n) is 2.83. The Balaban J connectivity index is 2.09. The van der Waals surface area contributed by atoms with Crippen LogP contribution in [0.2, 0.25) is 0 Å². The van der Waals surface area contributed by atoms with E-state index in [0.717, 1.165) is 10.7 Å². The minimum absolute atomic E-state index is 0.0556. The number of nitrogens with zero attached hydrogens (tertiary/aromatic N) is 1. The molecule has 1 heterocycles. The summed E-state index contributed by atoms with van der Waals surface area (Å²) in [5.41, 5.74) is 1.21. The van der Waals surface area contributed by atoms with Crippen LogP contribution in [0.3, 0.4) is 0 Å². The average Bonchev–Trinajstić information content (AvgIpc) is 2.59. The molecule has 7 heteroatoms. The summed E-state index contributed by atoms with van der Waals surface area (Å²) in [7, 11) is -3.90. The quantitative estimate of drug-likeness (QED) is 0.909. The number of nitrogens with one attached hydrogen (secondary N) is 1. The third-order valence-corrected chi connectivity index (χ3v) is 6.10. The van der Waals surface area contributed by atoms with Crippen molar-refractivity contribution in [3.05, 3.63) is 48.3 Å². The van der Waals surface area contributed by atoms with Gasteiger partial charge in [0.1, 0.15) is 12.4 Å². The minimum atomic E-state index is -3.90. The van der Waals surface area contributed by atoms with Crippen LogP contribution in [-0.2, 0) is 14.8 Å². The molecule has 25 heavy (non-hydrogen) atoms. The Bertz CT molecular complexity index is 928. The van der Waals surface area contributed by atoms with E-state index in [1.807, 2.05) is 13.8 Å². The number of hydrogen-bond acceptors (Lipinski definition) is 3. The molecule has 1 atom stereocenters. The molecule has 3 rings (SSSR count). The molecule has 5 nitrogen and oxygen atoms in total. The number of benzene rings is 2. The Labute approximate surface area is 146 Å². The second-order valence-electron chi connectivity index (χ2n) is 6.05. The fraction of sp³-hybridized carbons (Fsp3) is 0.278. The van der Waals surface area contributed by atoms with Crippen LogP contribution >= 0.6 is 0 Å². The van der Waals surface area contributed by atoms with Gasteiger partial charge in [-0.2, -0.15) is 0 Å². The van der Waals surface area contributed by atoms with Crippen molar-refractivity contribution >= 4 is 21.6 Å². The molecule has 0 saturated carbocycles. The molecule has 0 aliphatic carbocycles. The Morgan fingerprint density at radius 2 is 1.92 bits per heavy atom. The van der Waals surface area contributed by atoms with E-state index in [-0.39, 0.29) is 17.5 Å². The normalized spacial score (nSPS) is 15.9. The van der Waals surface area contributed by atoms with Crippen molar-refractivity contribution in [2.75, 3.05) is 10.8 Å². The Morgan fingerprint density at radius 1 is 1.20 bits per heavy atom. The third kappa shape index (κ3) is 3.11. The molecule has 0 unspecified atom stereocenters. The van der Waals surface area contributed by atoms with Gasteiger partial charge in [-0.3, -0.25) is 9.10 Å². The van der Waals surface area contributed by atoms with E-state index in [1.54, 1.807) is 18.2 Å². The number of sulfonamides is 1. The van der Waals surface area contributed by atoms with Crippen molar-refractivity contribution in [2.24, 2.45) is 0 Å². The largest absolute Gasteiger partial charge is 0.352 e. The summed E-state index contributed by atoms with van der Waals surface area (Å²) in [5.74, 6) is -0.857. The van der Waals surface area contributed by atoms with Crippen molar-refractivity contribution in [3.63, 3.8) is 0 Å². The molecular weight excluding hydrogens is 343 g/mol. The van der Waals surface area contributed by atoms with E-state index < -0.39 is 21.7 Å². The second kappa shape index (κ2) is 6.48. The summed E-state index contributed by atoms with van der Waals surface area (Å²) in [6.45, 7) is 3.43. The lowest BCUT2D eigenvalue weighted by molar-refractivity contribution is -0.120. The molecule has 2 aromatic carbocycles. The van der Waals surface area contributed by atoms with Crippen molar-refractivity contribution in [1.82, 2.24) is 5.32 Å². The Hall–Kier alpha value is -2.41. The number of rotatable bonds is 4. The highest BCUT2D eigenvalue weighted by atomic mass is 32.2. The SMILES string of the molecule is CC[C@@H](C)NC(=O)CN1c2ccc(F)cc2-c2ccccc2S1(=O)=O. The highest BCUT2D eigenvalue weighted by Crippen LogP contribution is 2.42. The molecule has 1 N–H and O–H groups in total. The van der Waals surface area contributed by atoms with Gasteiger partial charge in [0.25, 0.3) is 10.0 Å². The smallest absolute Gasteiger partial charge is 0.265 e. The van der Waals surface area contributed by atoms with Gasteiger partial charge < -0.3 is 5.32 Å². The van der Waals surface area contributed by atoms with Gasteiger partial charge in [0.15, 0.2) is 0 Å². The van der Waals surface area contributed by atoms with Gasteiger partial charge in [-0.05, 0) is 37.6 Å². The van der Waals surface area contributed by atoms with Gasteiger partial charge in [-0.25, -0.2) is 12.8 Å². The standard InChI is InChI=1S/C18H19FN2O3S/c1-3-12(2)20-18(22)11-21-16-9-8-13(19)10-15(16)14-6-4-5-7-17(14)25(21,23)24/h4-10,12H,3,11H2,1-2H3,(H,20,22)/t12-/m1/s1. The van der Waals surface area contributed by atoms with Gasteiger partial charge in [-0.15, -0.1) is 0 Å². The second-order valence-corrected chi connectivity index (χ2v) is 7.88. The zero-order chi connectivity index (χ0) is 18.2. The van der Waals surface area contributed by atoms with Gasteiger partial charge in [0, 0.05) is 17.2 Å². The Kier molecular flexibility index (Phi) is 4.51. The molecule has 132 valence electrons. The van der Waals surface area contributed by atoms with Crippen LogP contribution in [0, 0.1) is 5.82 Å². The minimum Gasteiger partial charge on any atom is -0.352 e. The highest BCUT2D eigenvalue weighted by Gasteiger charge is 2.36. The summed E-state index contributed by atoms with van der Waals surface area (Å²) in [5, 5.41) is 2.76. The maximum atomic E-state index is 13.7. The molecule has 1 aliphatic heterocycles. The molecule has 0 bridgehead atoms. The highest BCUT2D eigenvalue weighted by molar-refractivity contribution is 7.93. The van der Waals surface area contributed by atoms with E-state index in [2.05, 4.69) is 5.32 Å². The average molecular weight is 362 g/mol. The van der Waals surface area contributed by atoms with Gasteiger partial charge in [0.05, 0.1) is 10.6 Å². The van der Waals surface area contributed by atoms with Crippen LogP contribution in [0.4, 0.5) is 10.1 Å². The third-order valence-electron chi connectivity index (χ3n) is 4.28. The number of halogens is 1. The summed E-state index contributed by atoms with van der Waals surface area (Å²) in [6, 6.07) is 10.3. The predicted octanol–water partition coefficient (Wildman–Crippen LogP) is 2.92. The van der Waals surface area contributed by atoms with Gasteiger partial charge in [-0.1, -0.05) is 25.1 Å². The number of carbonyl (C=O) groups is 1. The molecule has 1 aliphatic rings. The van der Waals surface area contributed by atoms with Crippen LogP contribution in [0.5, 0.6) is 0 Å². The number of fused-ring (bicyclic) bond motifs is 3. The zero-order valence-electron chi connectivity index (χ0n) is 14.0. The number of amides is 1. The number of anilines is 1. The lowest BCUT2D eigenvalue weighted by Crippen LogP contribution is -2.44. The van der Waals surface area contributed by atoms with Crippen LogP contribution in [0.25, 0.3) is 11.1 Å². The predicted molar refractivity (Wildman–Crippen MR) is 94.3 cm³/mol. The Morgan fingerprint density at radius 3 is 2.64 bits per heavy atom. The summed E-state index contributed by atoms with van der Waals surface area (Å²) in [6.07, 6.45) is 0.739. The summed E-state index contributed by atoms with van der Waals surface area (Å²) in [4.78, 5) is 12.3. The van der Waals surface area contributed by atoms with E-state index in [0.29, 0.717) is 16.8 Å². The van der Waals surface area contributed by atoms with Crippen LogP contribution in [0.1, 0.15) is 20.3 Å². The van der Waals surface area contributed by atoms with Crippen LogP contribution in [-0.4, -0.2) is 26.9 Å². The van der Waals surface area contributed by atoms with Crippen molar-refractivity contribution in [1.29, 1.82) is 0 Å². The fourth-order valence-corrected chi connectivity index (χ4v) is 4.48. The van der Waals surface area contributed by atoms with E-state index in [4.69, 9.17) is 0 Å². The van der Waals surface area contributed by atoms with Gasteiger partial charge in [0.2, 0.25) is 5.91 Å². The molecule has 2 aromatic rings. The first kappa shape index (κ1) is 17.4. The number of carbonyl (C=O) groups excluding carboxylic acids is 1. The topological polar surface area (TPSA) is 66.5 Å². The van der Waals surface area contributed by atoms with E-state index in [9.17, 15) is 17.6 Å². The van der Waals surface area contributed by atoms with Crippen molar-refractivity contribution < 1.29 is 17.6 Å². The van der Waals surface area contributed by atoms with Crippen LogP contribution in [0.15, 0.2) is 47.4 Å². The molecule has 0 saturated heterocycles.